The molecule has 0 atom stereocenters. The average Bonchev–Trinajstić information content (AvgIpc) is 2.95. The number of rotatable bonds is 4. The van der Waals surface area contributed by atoms with Gasteiger partial charge in [0.15, 0.2) is 0 Å². The van der Waals surface area contributed by atoms with Gasteiger partial charge >= 0.3 is 0 Å². The third-order valence-corrected chi connectivity index (χ3v) is 3.59. The number of ether oxygens (including phenoxy) is 1. The summed E-state index contributed by atoms with van der Waals surface area (Å²) in [6.45, 7) is 11.2. The van der Waals surface area contributed by atoms with Gasteiger partial charge in [-0.15, -0.1) is 0 Å². The number of aromatic nitrogens is 2. The van der Waals surface area contributed by atoms with E-state index in [0.717, 1.165) is 22.4 Å². The maximum absolute atomic E-state index is 5.81. The standard InChI is InChI=1S/C17H18N2O.2C2H6/c1-13-18-17-15(9-6-10-16(17)19(13)2)12-20-11-14-7-4-3-5-8-14;2*1-2/h3-10H,11-12H2,1-2H3;2*1-2H3. The number of nitrogens with zero attached hydrogens (tertiary/aromatic N) is 2. The van der Waals surface area contributed by atoms with Gasteiger partial charge in [0.05, 0.1) is 24.2 Å². The smallest absolute Gasteiger partial charge is 0.106 e. The average molecular weight is 326 g/mol. The highest BCUT2D eigenvalue weighted by Crippen LogP contribution is 2.20. The van der Waals surface area contributed by atoms with Crippen molar-refractivity contribution in [3.05, 3.63) is 65.5 Å². The molecule has 3 rings (SSSR count). The van der Waals surface area contributed by atoms with E-state index in [1.54, 1.807) is 0 Å². The molecule has 0 aliphatic rings. The van der Waals surface area contributed by atoms with Gasteiger partial charge in [-0.2, -0.15) is 0 Å². The molecule has 1 aromatic heterocycles. The SMILES string of the molecule is CC.CC.Cc1nc2c(COCc3ccccc3)cccc2n1C. The van der Waals surface area contributed by atoms with Crippen molar-refractivity contribution in [1.82, 2.24) is 9.55 Å². The Labute approximate surface area is 146 Å². The Kier molecular flexibility index (Phi) is 8.80. The lowest BCUT2D eigenvalue weighted by molar-refractivity contribution is 0.108. The first kappa shape index (κ1) is 19.9. The molecule has 0 amide bonds. The van der Waals surface area contributed by atoms with Crippen LogP contribution in [0.5, 0.6) is 0 Å². The number of imidazole rings is 1. The van der Waals surface area contributed by atoms with Gasteiger partial charge in [0.2, 0.25) is 0 Å². The second-order valence-electron chi connectivity index (χ2n) is 4.98. The van der Waals surface area contributed by atoms with Crippen LogP contribution in [0.2, 0.25) is 0 Å². The fraction of sp³-hybridized carbons (Fsp3) is 0.381. The maximum atomic E-state index is 5.81. The molecule has 2 aromatic carbocycles. The molecule has 0 unspecified atom stereocenters. The van der Waals surface area contributed by atoms with Gasteiger partial charge in [-0.25, -0.2) is 4.98 Å². The number of aryl methyl sites for hydroxylation is 2. The molecule has 130 valence electrons. The molecule has 1 heterocycles. The van der Waals surface area contributed by atoms with Gasteiger partial charge in [0.1, 0.15) is 5.82 Å². The van der Waals surface area contributed by atoms with Crippen molar-refractivity contribution in [2.75, 3.05) is 0 Å². The van der Waals surface area contributed by atoms with Crippen molar-refractivity contribution < 1.29 is 4.74 Å². The van der Waals surface area contributed by atoms with E-state index in [0.29, 0.717) is 13.2 Å². The number of hydrogen-bond acceptors (Lipinski definition) is 2. The van der Waals surface area contributed by atoms with Crippen LogP contribution in [-0.2, 0) is 25.0 Å². The van der Waals surface area contributed by atoms with E-state index in [4.69, 9.17) is 4.74 Å². The van der Waals surface area contributed by atoms with E-state index in [1.165, 1.54) is 5.56 Å². The molecule has 0 N–H and O–H groups in total. The Morgan fingerprint density at radius 3 is 2.21 bits per heavy atom. The molecule has 0 saturated carbocycles. The highest BCUT2D eigenvalue weighted by Gasteiger charge is 2.08. The van der Waals surface area contributed by atoms with E-state index in [2.05, 4.69) is 39.9 Å². The number of benzene rings is 2. The molecule has 0 bridgehead atoms. The molecule has 3 nitrogen and oxygen atoms in total. The van der Waals surface area contributed by atoms with Crippen LogP contribution in [-0.4, -0.2) is 9.55 Å². The lowest BCUT2D eigenvalue weighted by Gasteiger charge is -2.05. The molecule has 0 spiro atoms. The van der Waals surface area contributed by atoms with Crippen LogP contribution in [0.1, 0.15) is 44.6 Å². The van der Waals surface area contributed by atoms with Crippen LogP contribution in [0.25, 0.3) is 11.0 Å². The topological polar surface area (TPSA) is 27.1 Å². The van der Waals surface area contributed by atoms with Crippen LogP contribution < -0.4 is 0 Å². The van der Waals surface area contributed by atoms with Gasteiger partial charge in [-0.1, -0.05) is 70.2 Å². The van der Waals surface area contributed by atoms with Gasteiger partial charge < -0.3 is 9.30 Å². The van der Waals surface area contributed by atoms with Crippen molar-refractivity contribution in [2.45, 2.75) is 47.8 Å². The molecule has 0 fully saturated rings. The van der Waals surface area contributed by atoms with E-state index < -0.39 is 0 Å². The third-order valence-electron chi connectivity index (χ3n) is 3.59. The Balaban J connectivity index is 0.000000671. The number of para-hydroxylation sites is 1. The second-order valence-corrected chi connectivity index (χ2v) is 4.98. The quantitative estimate of drug-likeness (QED) is 0.619. The summed E-state index contributed by atoms with van der Waals surface area (Å²) in [6.07, 6.45) is 0. The zero-order valence-corrected chi connectivity index (χ0v) is 15.8. The van der Waals surface area contributed by atoms with Gasteiger partial charge in [-0.3, -0.25) is 0 Å². The minimum Gasteiger partial charge on any atom is -0.372 e. The molecule has 0 saturated heterocycles. The third kappa shape index (κ3) is 4.93. The highest BCUT2D eigenvalue weighted by molar-refractivity contribution is 5.79. The summed E-state index contributed by atoms with van der Waals surface area (Å²) < 4.78 is 7.92. The predicted octanol–water partition coefficient (Wildman–Crippen LogP) is 5.65. The summed E-state index contributed by atoms with van der Waals surface area (Å²) in [4.78, 5) is 4.62. The van der Waals surface area contributed by atoms with Gasteiger partial charge in [-0.05, 0) is 18.6 Å². The molecule has 0 aliphatic heterocycles. The first-order chi connectivity index (χ1) is 11.8. The monoisotopic (exact) mass is 326 g/mol. The van der Waals surface area contributed by atoms with E-state index >= 15 is 0 Å². The number of hydrogen-bond donors (Lipinski definition) is 0. The summed E-state index contributed by atoms with van der Waals surface area (Å²) >= 11 is 0. The Morgan fingerprint density at radius 2 is 1.54 bits per heavy atom. The fourth-order valence-corrected chi connectivity index (χ4v) is 2.36. The summed E-state index contributed by atoms with van der Waals surface area (Å²) in [5, 5.41) is 0. The largest absolute Gasteiger partial charge is 0.372 e. The molecule has 3 aromatic rings. The first-order valence-electron chi connectivity index (χ1n) is 8.78. The van der Waals surface area contributed by atoms with Crippen molar-refractivity contribution in [3.63, 3.8) is 0 Å². The second kappa shape index (κ2) is 10.6. The summed E-state index contributed by atoms with van der Waals surface area (Å²) in [7, 11) is 2.04. The fourth-order valence-electron chi connectivity index (χ4n) is 2.36. The minimum atomic E-state index is 0.586. The van der Waals surface area contributed by atoms with Crippen molar-refractivity contribution >= 4 is 11.0 Å². The van der Waals surface area contributed by atoms with Crippen LogP contribution >= 0.6 is 0 Å². The molecular weight excluding hydrogens is 296 g/mol. The van der Waals surface area contributed by atoms with E-state index in [1.807, 2.05) is 59.9 Å². The van der Waals surface area contributed by atoms with Crippen molar-refractivity contribution in [2.24, 2.45) is 7.05 Å². The molecular formula is C21H30N2O. The van der Waals surface area contributed by atoms with Crippen LogP contribution in [0.15, 0.2) is 48.5 Å². The zero-order valence-electron chi connectivity index (χ0n) is 15.8. The van der Waals surface area contributed by atoms with E-state index in [-0.39, 0.29) is 0 Å². The predicted molar refractivity (Wildman–Crippen MR) is 103 cm³/mol. The summed E-state index contributed by atoms with van der Waals surface area (Å²) in [5.74, 6) is 1.02. The molecule has 3 heteroatoms. The Morgan fingerprint density at radius 1 is 0.875 bits per heavy atom. The van der Waals surface area contributed by atoms with Crippen LogP contribution in [0, 0.1) is 6.92 Å². The Bertz CT molecular complexity index is 717. The maximum Gasteiger partial charge on any atom is 0.106 e. The lowest BCUT2D eigenvalue weighted by atomic mass is 10.2. The van der Waals surface area contributed by atoms with Crippen LogP contribution in [0.3, 0.4) is 0 Å². The first-order valence-corrected chi connectivity index (χ1v) is 8.78. The normalized spacial score (nSPS) is 9.75. The highest BCUT2D eigenvalue weighted by atomic mass is 16.5. The van der Waals surface area contributed by atoms with Gasteiger partial charge in [0, 0.05) is 12.6 Å². The molecule has 24 heavy (non-hydrogen) atoms. The van der Waals surface area contributed by atoms with Crippen LogP contribution in [0.4, 0.5) is 0 Å². The van der Waals surface area contributed by atoms with E-state index in [9.17, 15) is 0 Å². The lowest BCUT2D eigenvalue weighted by Crippen LogP contribution is -1.95. The van der Waals surface area contributed by atoms with Crippen molar-refractivity contribution in [3.8, 4) is 0 Å². The summed E-state index contributed by atoms with van der Waals surface area (Å²) in [5.41, 5.74) is 4.53. The van der Waals surface area contributed by atoms with Gasteiger partial charge in [0.25, 0.3) is 0 Å². The Hall–Kier alpha value is -2.13. The molecule has 0 radical (unpaired) electrons. The van der Waals surface area contributed by atoms with Crippen molar-refractivity contribution in [1.29, 1.82) is 0 Å². The number of fused-ring (bicyclic) bond motifs is 1. The molecule has 0 aliphatic carbocycles. The minimum absolute atomic E-state index is 0.586. The summed E-state index contributed by atoms with van der Waals surface area (Å²) in [6, 6.07) is 16.5. The zero-order chi connectivity index (χ0) is 17.9.